The molecule has 0 saturated heterocycles. The highest BCUT2D eigenvalue weighted by molar-refractivity contribution is 8.00. The van der Waals surface area contributed by atoms with Gasteiger partial charge in [-0.2, -0.15) is 0 Å². The van der Waals surface area contributed by atoms with E-state index in [1.165, 1.54) is 11.8 Å². The Morgan fingerprint density at radius 1 is 0.780 bits per heavy atom. The Labute approximate surface area is 242 Å². The van der Waals surface area contributed by atoms with E-state index >= 15 is 0 Å². The van der Waals surface area contributed by atoms with Crippen LogP contribution in [0.5, 0.6) is 0 Å². The van der Waals surface area contributed by atoms with Crippen molar-refractivity contribution in [1.82, 2.24) is 5.32 Å². The summed E-state index contributed by atoms with van der Waals surface area (Å²) in [7, 11) is 0. The number of nitrogens with two attached hydrogens (primary N) is 1. The van der Waals surface area contributed by atoms with Crippen molar-refractivity contribution in [2.75, 3.05) is 16.4 Å². The number of hydrogen-bond acceptors (Lipinski definition) is 5. The summed E-state index contributed by atoms with van der Waals surface area (Å²) in [6, 6.07) is 29.7. The molecule has 8 nitrogen and oxygen atoms in total. The number of carbonyl (C=O) groups is 4. The van der Waals surface area contributed by atoms with E-state index in [4.69, 9.17) is 5.73 Å². The largest absolute Gasteiger partial charge is 0.366 e. The minimum Gasteiger partial charge on any atom is -0.366 e. The molecule has 0 fully saturated rings. The maximum atomic E-state index is 13.3. The first-order chi connectivity index (χ1) is 19.8. The number of carbonyl (C=O) groups excluding carboxylic acids is 4. The summed E-state index contributed by atoms with van der Waals surface area (Å²) in [6.07, 6.45) is 1.64. The van der Waals surface area contributed by atoms with Crippen LogP contribution in [0.4, 0.5) is 11.4 Å². The van der Waals surface area contributed by atoms with Gasteiger partial charge in [0.05, 0.1) is 17.0 Å². The normalized spacial score (nSPS) is 10.9. The molecule has 0 aromatic heterocycles. The Bertz CT molecular complexity index is 1600. The molecule has 0 atom stereocenters. The number of nitrogens with one attached hydrogen (secondary N) is 3. The van der Waals surface area contributed by atoms with Gasteiger partial charge < -0.3 is 21.7 Å². The van der Waals surface area contributed by atoms with E-state index in [9.17, 15) is 19.2 Å². The van der Waals surface area contributed by atoms with Crippen LogP contribution in [-0.2, 0) is 9.59 Å². The van der Waals surface area contributed by atoms with Crippen molar-refractivity contribution in [3.63, 3.8) is 0 Å². The fourth-order valence-electron chi connectivity index (χ4n) is 3.82. The molecular weight excluding hydrogens is 536 g/mol. The average molecular weight is 565 g/mol. The summed E-state index contributed by atoms with van der Waals surface area (Å²) in [4.78, 5) is 50.9. The lowest BCUT2D eigenvalue weighted by molar-refractivity contribution is -0.114. The van der Waals surface area contributed by atoms with Crippen molar-refractivity contribution in [3.05, 3.63) is 131 Å². The zero-order valence-corrected chi connectivity index (χ0v) is 23.0. The quantitative estimate of drug-likeness (QED) is 0.155. The maximum absolute atomic E-state index is 13.3. The fourth-order valence-corrected chi connectivity index (χ4v) is 4.52. The summed E-state index contributed by atoms with van der Waals surface area (Å²) >= 11 is 1.30. The van der Waals surface area contributed by atoms with Gasteiger partial charge in [-0.3, -0.25) is 19.2 Å². The number of aryl methyl sites for hydroxylation is 1. The third-order valence-electron chi connectivity index (χ3n) is 5.97. The highest BCUT2D eigenvalue weighted by Crippen LogP contribution is 2.22. The standard InChI is InChI=1S/C32H28N4O4S/c1-21-9-5-6-12-23(21)19-28(36-31(39)22-10-3-2-4-11-22)32(40)34-24-15-17-25(18-16-24)41-20-29(37)35-27-14-8-7-13-26(27)30(33)38/h2-19H,20H2,1H3,(H2,33,38)(H,34,40)(H,35,37)(H,36,39)/b28-19-. The van der Waals surface area contributed by atoms with E-state index < -0.39 is 17.7 Å². The third kappa shape index (κ3) is 8.17. The number of anilines is 2. The molecule has 4 rings (SSSR count). The number of hydrogen-bond donors (Lipinski definition) is 4. The van der Waals surface area contributed by atoms with Crippen LogP contribution in [0.1, 0.15) is 31.8 Å². The first-order valence-electron chi connectivity index (χ1n) is 12.7. The van der Waals surface area contributed by atoms with E-state index in [1.807, 2.05) is 37.3 Å². The van der Waals surface area contributed by atoms with E-state index in [1.54, 1.807) is 78.9 Å². The van der Waals surface area contributed by atoms with Gasteiger partial charge in [0.15, 0.2) is 0 Å². The molecule has 0 aliphatic rings. The van der Waals surface area contributed by atoms with Crippen molar-refractivity contribution >= 4 is 52.8 Å². The molecule has 5 N–H and O–H groups in total. The van der Waals surface area contributed by atoms with Gasteiger partial charge in [0.1, 0.15) is 5.70 Å². The van der Waals surface area contributed by atoms with E-state index in [0.29, 0.717) is 16.9 Å². The molecule has 0 heterocycles. The molecule has 0 radical (unpaired) electrons. The molecule has 0 unspecified atom stereocenters. The molecule has 206 valence electrons. The van der Waals surface area contributed by atoms with Crippen LogP contribution in [-0.4, -0.2) is 29.4 Å². The second kappa shape index (κ2) is 13.8. The van der Waals surface area contributed by atoms with Gasteiger partial charge in [0.25, 0.3) is 17.7 Å². The van der Waals surface area contributed by atoms with Crippen molar-refractivity contribution in [3.8, 4) is 0 Å². The number of amides is 4. The van der Waals surface area contributed by atoms with Gasteiger partial charge in [-0.05, 0) is 72.7 Å². The Kier molecular flexibility index (Phi) is 9.69. The van der Waals surface area contributed by atoms with Crippen LogP contribution < -0.4 is 21.7 Å². The van der Waals surface area contributed by atoms with Crippen LogP contribution in [0.2, 0.25) is 0 Å². The zero-order chi connectivity index (χ0) is 29.2. The van der Waals surface area contributed by atoms with Crippen molar-refractivity contribution in [2.45, 2.75) is 11.8 Å². The average Bonchev–Trinajstić information content (AvgIpc) is 2.98. The van der Waals surface area contributed by atoms with Crippen LogP contribution in [0.25, 0.3) is 6.08 Å². The maximum Gasteiger partial charge on any atom is 0.272 e. The molecule has 4 amide bonds. The summed E-state index contributed by atoms with van der Waals surface area (Å²) in [5, 5.41) is 8.27. The van der Waals surface area contributed by atoms with Gasteiger partial charge in [0, 0.05) is 16.1 Å². The van der Waals surface area contributed by atoms with Gasteiger partial charge >= 0.3 is 0 Å². The topological polar surface area (TPSA) is 130 Å². The first kappa shape index (κ1) is 28.8. The lowest BCUT2D eigenvalue weighted by atomic mass is 10.1. The number of thioether (sulfide) groups is 1. The zero-order valence-electron chi connectivity index (χ0n) is 22.2. The van der Waals surface area contributed by atoms with E-state index in [0.717, 1.165) is 16.0 Å². The summed E-state index contributed by atoms with van der Waals surface area (Å²) in [5.74, 6) is -1.69. The van der Waals surface area contributed by atoms with Crippen LogP contribution in [0.3, 0.4) is 0 Å². The number of primary amides is 1. The summed E-state index contributed by atoms with van der Waals surface area (Å²) in [6.45, 7) is 1.92. The predicted molar refractivity (Wildman–Crippen MR) is 162 cm³/mol. The van der Waals surface area contributed by atoms with Crippen molar-refractivity contribution in [2.24, 2.45) is 5.73 Å². The van der Waals surface area contributed by atoms with E-state index in [-0.39, 0.29) is 22.9 Å². The highest BCUT2D eigenvalue weighted by atomic mass is 32.2. The molecule has 4 aromatic rings. The van der Waals surface area contributed by atoms with Gasteiger partial charge in [-0.25, -0.2) is 0 Å². The SMILES string of the molecule is Cc1ccccc1/C=C(\NC(=O)c1ccccc1)C(=O)Nc1ccc(SCC(=O)Nc2ccccc2C(N)=O)cc1. The Morgan fingerprint density at radius 2 is 1.44 bits per heavy atom. The van der Waals surface area contributed by atoms with Crippen molar-refractivity contribution in [1.29, 1.82) is 0 Å². The van der Waals surface area contributed by atoms with Gasteiger partial charge in [-0.15, -0.1) is 11.8 Å². The number of rotatable bonds is 10. The number of benzene rings is 4. The molecule has 0 spiro atoms. The molecule has 4 aromatic carbocycles. The first-order valence-corrected chi connectivity index (χ1v) is 13.7. The third-order valence-corrected chi connectivity index (χ3v) is 6.98. The Morgan fingerprint density at radius 3 is 2.15 bits per heavy atom. The second-order valence-corrected chi connectivity index (χ2v) is 10.0. The van der Waals surface area contributed by atoms with Crippen LogP contribution in [0, 0.1) is 6.92 Å². The lowest BCUT2D eigenvalue weighted by Crippen LogP contribution is -2.30. The molecule has 0 aliphatic heterocycles. The summed E-state index contributed by atoms with van der Waals surface area (Å²) in [5.41, 5.74) is 8.76. The van der Waals surface area contributed by atoms with E-state index in [2.05, 4.69) is 16.0 Å². The number of para-hydroxylation sites is 1. The Balaban J connectivity index is 1.41. The molecule has 41 heavy (non-hydrogen) atoms. The molecule has 9 heteroatoms. The predicted octanol–water partition coefficient (Wildman–Crippen LogP) is 5.23. The molecular formula is C32H28N4O4S. The molecule has 0 bridgehead atoms. The lowest BCUT2D eigenvalue weighted by Gasteiger charge is -2.12. The monoisotopic (exact) mass is 564 g/mol. The molecule has 0 aliphatic carbocycles. The minimum atomic E-state index is -0.622. The highest BCUT2D eigenvalue weighted by Gasteiger charge is 2.16. The fraction of sp³-hybridized carbons (Fsp3) is 0.0625. The minimum absolute atomic E-state index is 0.0968. The van der Waals surface area contributed by atoms with Crippen LogP contribution in [0.15, 0.2) is 114 Å². The molecule has 0 saturated carbocycles. The van der Waals surface area contributed by atoms with Crippen molar-refractivity contribution < 1.29 is 19.2 Å². The second-order valence-electron chi connectivity index (χ2n) is 8.96. The van der Waals surface area contributed by atoms with Crippen LogP contribution >= 0.6 is 11.8 Å². The van der Waals surface area contributed by atoms with Gasteiger partial charge in [0.2, 0.25) is 5.91 Å². The smallest absolute Gasteiger partial charge is 0.272 e. The summed E-state index contributed by atoms with van der Waals surface area (Å²) < 4.78 is 0. The Hall–Kier alpha value is -5.15. The van der Waals surface area contributed by atoms with Gasteiger partial charge in [-0.1, -0.05) is 54.6 Å².